The van der Waals surface area contributed by atoms with Crippen molar-refractivity contribution in [2.24, 2.45) is 0 Å². The van der Waals surface area contributed by atoms with Gasteiger partial charge in [-0.3, -0.25) is 5.32 Å². The van der Waals surface area contributed by atoms with Crippen molar-refractivity contribution in [1.29, 1.82) is 0 Å². The van der Waals surface area contributed by atoms with Crippen LogP contribution >= 0.6 is 0 Å². The normalized spacial score (nSPS) is 10.0. The van der Waals surface area contributed by atoms with Crippen LogP contribution in [-0.4, -0.2) is 18.3 Å². The molecule has 0 aliphatic carbocycles. The van der Waals surface area contributed by atoms with Gasteiger partial charge in [-0.2, -0.15) is 0 Å². The van der Waals surface area contributed by atoms with Crippen LogP contribution in [0.4, 0.5) is 20.6 Å². The van der Waals surface area contributed by atoms with Gasteiger partial charge in [-0.1, -0.05) is 6.07 Å². The first kappa shape index (κ1) is 14.6. The van der Waals surface area contributed by atoms with Crippen molar-refractivity contribution in [3.05, 3.63) is 53.8 Å². The highest BCUT2D eigenvalue weighted by atomic mass is 19.1. The van der Waals surface area contributed by atoms with E-state index in [2.05, 4.69) is 15.4 Å². The first-order valence-corrected chi connectivity index (χ1v) is 6.25. The van der Waals surface area contributed by atoms with Crippen molar-refractivity contribution in [2.75, 3.05) is 17.7 Å². The Bertz CT molecular complexity index is 629. The van der Waals surface area contributed by atoms with E-state index in [1.807, 2.05) is 0 Å². The number of rotatable bonds is 4. The van der Waals surface area contributed by atoms with E-state index in [9.17, 15) is 9.18 Å². The quantitative estimate of drug-likeness (QED) is 0.808. The van der Waals surface area contributed by atoms with Crippen molar-refractivity contribution in [1.82, 2.24) is 0 Å². The molecule has 1 amide bonds. The summed E-state index contributed by atoms with van der Waals surface area (Å²) >= 11 is 0. The molecule has 0 saturated heterocycles. The molecule has 110 valence electrons. The molecule has 0 unspecified atom stereocenters. The number of phenolic OH excluding ortho intramolecular Hbond substituents is 1. The highest BCUT2D eigenvalue weighted by Crippen LogP contribution is 2.18. The van der Waals surface area contributed by atoms with Crippen LogP contribution in [0, 0.1) is 5.82 Å². The van der Waals surface area contributed by atoms with Crippen molar-refractivity contribution in [2.45, 2.75) is 6.54 Å². The Hall–Kier alpha value is -2.76. The van der Waals surface area contributed by atoms with Crippen LogP contribution in [0.1, 0.15) is 5.56 Å². The summed E-state index contributed by atoms with van der Waals surface area (Å²) in [4.78, 5) is 11.0. The maximum atomic E-state index is 13.2. The van der Waals surface area contributed by atoms with Gasteiger partial charge in [-0.05, 0) is 42.0 Å². The highest BCUT2D eigenvalue weighted by Gasteiger charge is 2.02. The van der Waals surface area contributed by atoms with Crippen LogP contribution in [0.15, 0.2) is 42.5 Å². The van der Waals surface area contributed by atoms with Crippen LogP contribution in [0.25, 0.3) is 0 Å². The lowest BCUT2D eigenvalue weighted by Gasteiger charge is -2.08. The number of phenols is 1. The lowest BCUT2D eigenvalue weighted by molar-refractivity contribution is 0.187. The molecular weight excluding hydrogens is 275 g/mol. The number of carbonyl (C=O) groups excluding carboxylic acids is 1. The van der Waals surface area contributed by atoms with Gasteiger partial charge in [-0.15, -0.1) is 0 Å². The number of ether oxygens (including phenoxy) is 1. The number of nitrogens with one attached hydrogen (secondary N) is 2. The fourth-order valence-corrected chi connectivity index (χ4v) is 1.70. The molecule has 0 aliphatic heterocycles. The largest absolute Gasteiger partial charge is 0.505 e. The SMILES string of the molecule is COC(=O)Nc1ccc(NCc2ccc(O)c(F)c2)cc1. The number of anilines is 2. The number of carbonyl (C=O) groups is 1. The molecule has 2 rings (SSSR count). The molecule has 0 atom stereocenters. The molecule has 0 aliphatic rings. The van der Waals surface area contributed by atoms with Crippen molar-refractivity contribution >= 4 is 17.5 Å². The second-order valence-electron chi connectivity index (χ2n) is 4.33. The third kappa shape index (κ3) is 4.10. The van der Waals surface area contributed by atoms with Gasteiger partial charge in [0.2, 0.25) is 0 Å². The van der Waals surface area contributed by atoms with Crippen molar-refractivity contribution in [3.63, 3.8) is 0 Å². The van der Waals surface area contributed by atoms with Crippen LogP contribution in [0.2, 0.25) is 0 Å². The molecule has 3 N–H and O–H groups in total. The Balaban J connectivity index is 1.94. The van der Waals surface area contributed by atoms with Gasteiger partial charge in [0.15, 0.2) is 11.6 Å². The number of hydrogen-bond acceptors (Lipinski definition) is 4. The topological polar surface area (TPSA) is 70.6 Å². The van der Waals surface area contributed by atoms with Crippen molar-refractivity contribution < 1.29 is 19.0 Å². The van der Waals surface area contributed by atoms with E-state index in [1.165, 1.54) is 19.2 Å². The number of halogens is 1. The predicted octanol–water partition coefficient (Wildman–Crippen LogP) is 3.32. The molecule has 2 aromatic carbocycles. The third-order valence-electron chi connectivity index (χ3n) is 2.83. The zero-order valence-corrected chi connectivity index (χ0v) is 11.4. The van der Waals surface area contributed by atoms with E-state index in [0.717, 1.165) is 5.69 Å². The third-order valence-corrected chi connectivity index (χ3v) is 2.83. The number of aromatic hydroxyl groups is 1. The van der Waals surface area contributed by atoms with Gasteiger partial charge in [0.25, 0.3) is 0 Å². The smallest absolute Gasteiger partial charge is 0.411 e. The molecule has 0 bridgehead atoms. The van der Waals surface area contributed by atoms with Crippen LogP contribution in [0.5, 0.6) is 5.75 Å². The minimum atomic E-state index is -0.646. The highest BCUT2D eigenvalue weighted by molar-refractivity contribution is 5.84. The first-order valence-electron chi connectivity index (χ1n) is 6.25. The zero-order valence-electron chi connectivity index (χ0n) is 11.4. The first-order chi connectivity index (χ1) is 10.1. The second kappa shape index (κ2) is 6.60. The van der Waals surface area contributed by atoms with Gasteiger partial charge in [0.05, 0.1) is 7.11 Å². The fourth-order valence-electron chi connectivity index (χ4n) is 1.70. The van der Waals surface area contributed by atoms with Crippen molar-refractivity contribution in [3.8, 4) is 5.75 Å². The average molecular weight is 290 g/mol. The predicted molar refractivity (Wildman–Crippen MR) is 77.9 cm³/mol. The summed E-state index contributed by atoms with van der Waals surface area (Å²) in [6, 6.07) is 11.2. The van der Waals surface area contributed by atoms with Gasteiger partial charge < -0.3 is 15.2 Å². The summed E-state index contributed by atoms with van der Waals surface area (Å²) in [6.45, 7) is 0.418. The number of methoxy groups -OCH3 is 1. The second-order valence-corrected chi connectivity index (χ2v) is 4.33. The molecule has 0 saturated carbocycles. The summed E-state index contributed by atoms with van der Waals surface area (Å²) in [7, 11) is 1.29. The van der Waals surface area contributed by atoms with E-state index in [0.29, 0.717) is 17.8 Å². The van der Waals surface area contributed by atoms with E-state index >= 15 is 0 Å². The molecule has 0 spiro atoms. The number of amides is 1. The van der Waals surface area contributed by atoms with Crippen LogP contribution in [0.3, 0.4) is 0 Å². The minimum Gasteiger partial charge on any atom is -0.505 e. The van der Waals surface area contributed by atoms with E-state index in [1.54, 1.807) is 30.3 Å². The van der Waals surface area contributed by atoms with E-state index in [4.69, 9.17) is 5.11 Å². The number of hydrogen-bond donors (Lipinski definition) is 3. The maximum Gasteiger partial charge on any atom is 0.411 e. The molecule has 2 aromatic rings. The number of benzene rings is 2. The van der Waals surface area contributed by atoms with E-state index < -0.39 is 11.9 Å². The molecule has 5 nitrogen and oxygen atoms in total. The van der Waals surface area contributed by atoms with Crippen LogP contribution in [-0.2, 0) is 11.3 Å². The summed E-state index contributed by atoms with van der Waals surface area (Å²) in [5.74, 6) is -1.01. The summed E-state index contributed by atoms with van der Waals surface area (Å²) < 4.78 is 17.7. The molecule has 0 radical (unpaired) electrons. The molecule has 0 heterocycles. The monoisotopic (exact) mass is 290 g/mol. The summed E-state index contributed by atoms with van der Waals surface area (Å²) in [5.41, 5.74) is 2.14. The minimum absolute atomic E-state index is 0.364. The zero-order chi connectivity index (χ0) is 15.2. The van der Waals surface area contributed by atoms with Gasteiger partial charge in [-0.25, -0.2) is 9.18 Å². The Morgan fingerprint density at radius 2 is 1.86 bits per heavy atom. The molecule has 0 fully saturated rings. The lowest BCUT2D eigenvalue weighted by Crippen LogP contribution is -2.10. The molecule has 6 heteroatoms. The standard InChI is InChI=1S/C15H15FN2O3/c1-21-15(20)18-12-5-3-11(4-6-12)17-9-10-2-7-14(19)13(16)8-10/h2-8,17,19H,9H2,1H3,(H,18,20). The van der Waals surface area contributed by atoms with E-state index in [-0.39, 0.29) is 5.75 Å². The average Bonchev–Trinajstić information content (AvgIpc) is 2.50. The Kier molecular flexibility index (Phi) is 4.61. The Morgan fingerprint density at radius 3 is 2.48 bits per heavy atom. The van der Waals surface area contributed by atoms with Gasteiger partial charge >= 0.3 is 6.09 Å². The molecule has 21 heavy (non-hydrogen) atoms. The molecule has 0 aromatic heterocycles. The van der Waals surface area contributed by atoms with Gasteiger partial charge in [0, 0.05) is 17.9 Å². The van der Waals surface area contributed by atoms with Gasteiger partial charge in [0.1, 0.15) is 0 Å². The lowest BCUT2D eigenvalue weighted by atomic mass is 10.2. The fraction of sp³-hybridized carbons (Fsp3) is 0.133. The molecular formula is C15H15FN2O3. The summed E-state index contributed by atoms with van der Waals surface area (Å²) in [5, 5.41) is 14.8. The summed E-state index contributed by atoms with van der Waals surface area (Å²) in [6.07, 6.45) is -0.532. The Labute approximate surface area is 121 Å². The van der Waals surface area contributed by atoms with Crippen LogP contribution < -0.4 is 10.6 Å². The maximum absolute atomic E-state index is 13.2. The Morgan fingerprint density at radius 1 is 1.19 bits per heavy atom.